The summed E-state index contributed by atoms with van der Waals surface area (Å²) in [5.41, 5.74) is 5.61. The van der Waals surface area contributed by atoms with Crippen LogP contribution in [-0.2, 0) is 13.1 Å². The van der Waals surface area contributed by atoms with Crippen molar-refractivity contribution in [1.29, 1.82) is 0 Å². The van der Waals surface area contributed by atoms with Gasteiger partial charge in [0, 0.05) is 49.4 Å². The summed E-state index contributed by atoms with van der Waals surface area (Å²) in [6.07, 6.45) is 7.76. The van der Waals surface area contributed by atoms with E-state index < -0.39 is 0 Å². The van der Waals surface area contributed by atoms with E-state index in [9.17, 15) is 0 Å². The lowest BCUT2D eigenvalue weighted by atomic mass is 9.92. The molecule has 0 spiro atoms. The summed E-state index contributed by atoms with van der Waals surface area (Å²) in [7, 11) is 2.07. The standard InChI is InChI=1S/C30H31BN6O/c31-27-20-34-37-29(33-19-23-5-4-14-32-18-23)17-28(35-30(27)37)24-12-15-36(16-13-24)21-22-8-10-26(11-9-22)38-25-6-2-1-3-7-25/h1-11,14,17-18,20,24,33H,12-13,15-16,19,21,31H2. The number of nitrogens with one attached hydrogen (secondary N) is 1. The number of para-hydroxylation sites is 1. The molecule has 0 saturated carbocycles. The number of aromatic nitrogens is 4. The Labute approximate surface area is 223 Å². The molecule has 0 aliphatic carbocycles. The third kappa shape index (κ3) is 5.55. The third-order valence-corrected chi connectivity index (χ3v) is 7.18. The number of fused-ring (bicyclic) bond motifs is 1. The van der Waals surface area contributed by atoms with Crippen LogP contribution in [0.25, 0.3) is 5.65 Å². The second-order valence-corrected chi connectivity index (χ2v) is 9.95. The van der Waals surface area contributed by atoms with Gasteiger partial charge < -0.3 is 10.1 Å². The van der Waals surface area contributed by atoms with Gasteiger partial charge in [0.25, 0.3) is 0 Å². The number of hydrogen-bond acceptors (Lipinski definition) is 6. The molecular weight excluding hydrogens is 471 g/mol. The van der Waals surface area contributed by atoms with Gasteiger partial charge in [-0.3, -0.25) is 9.88 Å². The zero-order valence-electron chi connectivity index (χ0n) is 21.6. The summed E-state index contributed by atoms with van der Waals surface area (Å²) in [6, 6.07) is 24.6. The van der Waals surface area contributed by atoms with E-state index >= 15 is 0 Å². The van der Waals surface area contributed by atoms with Gasteiger partial charge in [0.2, 0.25) is 0 Å². The molecule has 0 atom stereocenters. The smallest absolute Gasteiger partial charge is 0.151 e. The molecule has 5 aromatic rings. The maximum Gasteiger partial charge on any atom is 0.151 e. The van der Waals surface area contributed by atoms with E-state index in [0.29, 0.717) is 12.5 Å². The van der Waals surface area contributed by atoms with Crippen LogP contribution in [0.2, 0.25) is 0 Å². The lowest BCUT2D eigenvalue weighted by Gasteiger charge is -2.32. The van der Waals surface area contributed by atoms with E-state index in [1.54, 1.807) is 6.20 Å². The zero-order valence-corrected chi connectivity index (χ0v) is 21.6. The Morgan fingerprint density at radius 2 is 1.68 bits per heavy atom. The Bertz CT molecular complexity index is 1480. The van der Waals surface area contributed by atoms with Gasteiger partial charge in [-0.1, -0.05) is 36.4 Å². The Hall–Kier alpha value is -4.17. The van der Waals surface area contributed by atoms with E-state index in [4.69, 9.17) is 9.72 Å². The van der Waals surface area contributed by atoms with Gasteiger partial charge >= 0.3 is 0 Å². The van der Waals surface area contributed by atoms with Crippen LogP contribution in [0, 0.1) is 0 Å². The molecule has 6 rings (SSSR count). The Morgan fingerprint density at radius 3 is 2.45 bits per heavy atom. The molecule has 1 fully saturated rings. The predicted molar refractivity (Wildman–Crippen MR) is 153 cm³/mol. The molecule has 0 unspecified atom stereocenters. The van der Waals surface area contributed by atoms with Crippen LogP contribution in [0.3, 0.4) is 0 Å². The number of nitrogens with zero attached hydrogens (tertiary/aromatic N) is 5. The number of likely N-dealkylation sites (tertiary alicyclic amines) is 1. The fraction of sp³-hybridized carbons (Fsp3) is 0.233. The molecule has 1 aliphatic rings. The third-order valence-electron chi connectivity index (χ3n) is 7.18. The molecule has 0 radical (unpaired) electrons. The summed E-state index contributed by atoms with van der Waals surface area (Å²) in [5.74, 6) is 3.13. The minimum absolute atomic E-state index is 0.436. The van der Waals surface area contributed by atoms with Crippen LogP contribution in [-0.4, -0.2) is 45.4 Å². The summed E-state index contributed by atoms with van der Waals surface area (Å²) >= 11 is 0. The Balaban J connectivity index is 1.09. The monoisotopic (exact) mass is 502 g/mol. The van der Waals surface area contributed by atoms with Gasteiger partial charge in [0.15, 0.2) is 5.65 Å². The minimum atomic E-state index is 0.436. The summed E-state index contributed by atoms with van der Waals surface area (Å²) in [6.45, 7) is 3.75. The van der Waals surface area contributed by atoms with Crippen LogP contribution >= 0.6 is 0 Å². The van der Waals surface area contributed by atoms with Crippen molar-refractivity contribution in [2.75, 3.05) is 18.4 Å². The minimum Gasteiger partial charge on any atom is -0.457 e. The highest BCUT2D eigenvalue weighted by Crippen LogP contribution is 2.30. The number of pyridine rings is 1. The second kappa shape index (κ2) is 11.1. The number of piperidine rings is 1. The number of ether oxygens (including phenoxy) is 1. The lowest BCUT2D eigenvalue weighted by molar-refractivity contribution is 0.203. The second-order valence-electron chi connectivity index (χ2n) is 9.95. The van der Waals surface area contributed by atoms with Gasteiger partial charge in [-0.2, -0.15) is 9.61 Å². The highest BCUT2D eigenvalue weighted by molar-refractivity contribution is 6.36. The molecule has 3 aromatic heterocycles. The molecule has 1 aliphatic heterocycles. The molecule has 8 heteroatoms. The van der Waals surface area contributed by atoms with Gasteiger partial charge in [-0.05, 0) is 72.9 Å². The van der Waals surface area contributed by atoms with E-state index in [0.717, 1.165) is 72.2 Å². The first-order valence-corrected chi connectivity index (χ1v) is 13.2. The van der Waals surface area contributed by atoms with Crippen molar-refractivity contribution in [2.24, 2.45) is 0 Å². The first kappa shape index (κ1) is 24.2. The van der Waals surface area contributed by atoms with Crippen LogP contribution in [0.1, 0.15) is 35.6 Å². The predicted octanol–water partition coefficient (Wildman–Crippen LogP) is 4.17. The van der Waals surface area contributed by atoms with E-state index in [-0.39, 0.29) is 0 Å². The van der Waals surface area contributed by atoms with E-state index in [1.807, 2.05) is 53.3 Å². The summed E-state index contributed by atoms with van der Waals surface area (Å²) < 4.78 is 7.85. The van der Waals surface area contributed by atoms with Crippen molar-refractivity contribution in [3.05, 3.63) is 108 Å². The largest absolute Gasteiger partial charge is 0.457 e. The fourth-order valence-electron chi connectivity index (χ4n) is 5.05. The molecule has 38 heavy (non-hydrogen) atoms. The SMILES string of the molecule is Bc1cnn2c(NCc3cccnc3)cc(C3CCN(Cc4ccc(Oc5ccccc5)cc4)CC3)nc12. The number of benzene rings is 2. The zero-order chi connectivity index (χ0) is 25.7. The number of rotatable bonds is 8. The quantitative estimate of drug-likeness (QED) is 0.322. The topological polar surface area (TPSA) is 67.6 Å². The molecular formula is C30H31BN6O. The molecule has 1 N–H and O–H groups in total. The molecule has 7 nitrogen and oxygen atoms in total. The van der Waals surface area contributed by atoms with E-state index in [1.165, 1.54) is 5.56 Å². The summed E-state index contributed by atoms with van der Waals surface area (Å²) in [4.78, 5) is 11.8. The molecule has 0 bridgehead atoms. The molecule has 190 valence electrons. The average molecular weight is 502 g/mol. The maximum atomic E-state index is 5.94. The normalized spacial score (nSPS) is 14.5. The van der Waals surface area contributed by atoms with Crippen molar-refractivity contribution >= 4 is 24.8 Å². The highest BCUT2D eigenvalue weighted by atomic mass is 16.5. The van der Waals surface area contributed by atoms with Crippen molar-refractivity contribution < 1.29 is 4.74 Å². The fourth-order valence-corrected chi connectivity index (χ4v) is 5.05. The van der Waals surface area contributed by atoms with Gasteiger partial charge in [0.1, 0.15) is 25.2 Å². The Kier molecular flexibility index (Phi) is 7.04. The molecule has 2 aromatic carbocycles. The van der Waals surface area contributed by atoms with Gasteiger partial charge in [-0.25, -0.2) is 4.98 Å². The highest BCUT2D eigenvalue weighted by Gasteiger charge is 2.23. The summed E-state index contributed by atoms with van der Waals surface area (Å²) in [5, 5.41) is 8.12. The van der Waals surface area contributed by atoms with Crippen LogP contribution in [0.5, 0.6) is 11.5 Å². The van der Waals surface area contributed by atoms with Crippen LogP contribution in [0.15, 0.2) is 91.4 Å². The van der Waals surface area contributed by atoms with Crippen molar-refractivity contribution in [3.8, 4) is 11.5 Å². The number of hydrogen-bond donors (Lipinski definition) is 1. The van der Waals surface area contributed by atoms with E-state index in [2.05, 4.69) is 64.5 Å². The van der Waals surface area contributed by atoms with Crippen molar-refractivity contribution in [3.63, 3.8) is 0 Å². The van der Waals surface area contributed by atoms with Crippen LogP contribution < -0.4 is 15.5 Å². The number of anilines is 1. The first-order valence-electron chi connectivity index (χ1n) is 13.2. The maximum absolute atomic E-state index is 5.94. The van der Waals surface area contributed by atoms with Crippen molar-refractivity contribution in [2.45, 2.75) is 31.8 Å². The average Bonchev–Trinajstić information content (AvgIpc) is 3.35. The van der Waals surface area contributed by atoms with Gasteiger partial charge in [0.05, 0.1) is 0 Å². The first-order chi connectivity index (χ1) is 18.7. The lowest BCUT2D eigenvalue weighted by Crippen LogP contribution is -2.32. The molecule has 4 heterocycles. The van der Waals surface area contributed by atoms with Crippen LogP contribution in [0.4, 0.5) is 5.82 Å². The van der Waals surface area contributed by atoms with Crippen molar-refractivity contribution in [1.82, 2.24) is 24.5 Å². The van der Waals surface area contributed by atoms with Gasteiger partial charge in [-0.15, -0.1) is 0 Å². The Morgan fingerprint density at radius 1 is 0.895 bits per heavy atom. The molecule has 0 amide bonds. The molecule has 1 saturated heterocycles.